The van der Waals surface area contributed by atoms with Gasteiger partial charge in [0.15, 0.2) is 0 Å². The highest BCUT2D eigenvalue weighted by molar-refractivity contribution is 6.03. The molecule has 0 aromatic heterocycles. The van der Waals surface area contributed by atoms with Gasteiger partial charge in [-0.25, -0.2) is 5.43 Å². The zero-order valence-electron chi connectivity index (χ0n) is 11.7. The molecule has 0 aliphatic carbocycles. The Hall–Kier alpha value is -2.42. The minimum Gasteiger partial charge on any atom is -0.267 e. The van der Waals surface area contributed by atoms with E-state index >= 15 is 0 Å². The van der Waals surface area contributed by atoms with Gasteiger partial charge in [-0.3, -0.25) is 4.79 Å². The first-order valence-electron chi connectivity index (χ1n) is 6.67. The number of amides is 1. The van der Waals surface area contributed by atoms with E-state index in [1.165, 1.54) is 0 Å². The second kappa shape index (κ2) is 6.66. The van der Waals surface area contributed by atoms with Gasteiger partial charge in [0.1, 0.15) is 0 Å². The molecule has 1 amide bonds. The van der Waals surface area contributed by atoms with Crippen molar-refractivity contribution < 1.29 is 4.79 Å². The fraction of sp³-hybridized carbons (Fsp3) is 0.176. The molecule has 2 rings (SSSR count). The van der Waals surface area contributed by atoms with Crippen molar-refractivity contribution >= 4 is 11.6 Å². The SMILES string of the molecule is CC(C)/C(=N/NC(=O)c1ccccc1)c1ccccc1. The number of benzene rings is 2. The number of rotatable bonds is 4. The maximum atomic E-state index is 12.0. The molecule has 0 atom stereocenters. The minimum absolute atomic E-state index is 0.195. The highest BCUT2D eigenvalue weighted by Gasteiger charge is 2.09. The Morgan fingerprint density at radius 1 is 0.900 bits per heavy atom. The van der Waals surface area contributed by atoms with E-state index in [1.54, 1.807) is 12.1 Å². The third-order valence-electron chi connectivity index (χ3n) is 2.93. The summed E-state index contributed by atoms with van der Waals surface area (Å²) in [6, 6.07) is 19.0. The minimum atomic E-state index is -0.195. The molecule has 0 aliphatic rings. The molecule has 0 bridgehead atoms. The summed E-state index contributed by atoms with van der Waals surface area (Å²) in [7, 11) is 0. The molecule has 20 heavy (non-hydrogen) atoms. The first-order chi connectivity index (χ1) is 9.68. The van der Waals surface area contributed by atoms with E-state index in [9.17, 15) is 4.79 Å². The molecule has 0 heterocycles. The second-order valence-corrected chi connectivity index (χ2v) is 4.82. The number of carbonyl (C=O) groups is 1. The van der Waals surface area contributed by atoms with Gasteiger partial charge in [-0.15, -0.1) is 0 Å². The molecule has 2 aromatic carbocycles. The van der Waals surface area contributed by atoms with Gasteiger partial charge in [-0.2, -0.15) is 5.10 Å². The van der Waals surface area contributed by atoms with Crippen molar-refractivity contribution in [3.63, 3.8) is 0 Å². The number of carbonyl (C=O) groups excluding carboxylic acids is 1. The van der Waals surface area contributed by atoms with Crippen LogP contribution in [0.4, 0.5) is 0 Å². The van der Waals surface area contributed by atoms with E-state index in [1.807, 2.05) is 48.5 Å². The lowest BCUT2D eigenvalue weighted by molar-refractivity contribution is 0.0954. The smallest absolute Gasteiger partial charge is 0.267 e. The van der Waals surface area contributed by atoms with Crippen LogP contribution in [-0.2, 0) is 0 Å². The highest BCUT2D eigenvalue weighted by atomic mass is 16.2. The van der Waals surface area contributed by atoms with Gasteiger partial charge < -0.3 is 0 Å². The molecule has 0 unspecified atom stereocenters. The molecule has 0 saturated carbocycles. The lowest BCUT2D eigenvalue weighted by Crippen LogP contribution is -2.22. The lowest BCUT2D eigenvalue weighted by atomic mass is 10.0. The van der Waals surface area contributed by atoms with Crippen LogP contribution in [0.2, 0.25) is 0 Å². The lowest BCUT2D eigenvalue weighted by Gasteiger charge is -2.10. The molecule has 3 heteroatoms. The third kappa shape index (κ3) is 3.54. The summed E-state index contributed by atoms with van der Waals surface area (Å²) in [5, 5.41) is 4.29. The largest absolute Gasteiger partial charge is 0.271 e. The summed E-state index contributed by atoms with van der Waals surface area (Å²) < 4.78 is 0. The van der Waals surface area contributed by atoms with Crippen LogP contribution in [0, 0.1) is 5.92 Å². The highest BCUT2D eigenvalue weighted by Crippen LogP contribution is 2.09. The van der Waals surface area contributed by atoms with E-state index in [0.717, 1.165) is 11.3 Å². The van der Waals surface area contributed by atoms with E-state index in [-0.39, 0.29) is 11.8 Å². The van der Waals surface area contributed by atoms with E-state index in [4.69, 9.17) is 0 Å². The van der Waals surface area contributed by atoms with Crippen LogP contribution in [0.5, 0.6) is 0 Å². The maximum Gasteiger partial charge on any atom is 0.271 e. The van der Waals surface area contributed by atoms with Gasteiger partial charge in [0, 0.05) is 5.56 Å². The van der Waals surface area contributed by atoms with E-state index in [0.29, 0.717) is 5.56 Å². The van der Waals surface area contributed by atoms with Crippen LogP contribution in [0.3, 0.4) is 0 Å². The summed E-state index contributed by atoms with van der Waals surface area (Å²) in [6.07, 6.45) is 0. The number of hydrazone groups is 1. The zero-order valence-corrected chi connectivity index (χ0v) is 11.7. The number of hydrogen-bond donors (Lipinski definition) is 1. The fourth-order valence-electron chi connectivity index (χ4n) is 1.90. The fourth-order valence-corrected chi connectivity index (χ4v) is 1.90. The van der Waals surface area contributed by atoms with Crippen molar-refractivity contribution in [2.24, 2.45) is 11.0 Å². The van der Waals surface area contributed by atoms with E-state index in [2.05, 4.69) is 24.4 Å². The first kappa shape index (κ1) is 14.0. The Morgan fingerprint density at radius 3 is 1.90 bits per heavy atom. The van der Waals surface area contributed by atoms with Crippen LogP contribution >= 0.6 is 0 Å². The second-order valence-electron chi connectivity index (χ2n) is 4.82. The molecular weight excluding hydrogens is 248 g/mol. The Balaban J connectivity index is 2.17. The Kier molecular flexibility index (Phi) is 4.66. The van der Waals surface area contributed by atoms with Crippen LogP contribution in [0.25, 0.3) is 0 Å². The number of hydrogen-bond acceptors (Lipinski definition) is 2. The predicted octanol–water partition coefficient (Wildman–Crippen LogP) is 3.48. The standard InChI is InChI=1S/C17H18N2O/c1-13(2)16(14-9-5-3-6-10-14)18-19-17(20)15-11-7-4-8-12-15/h3-13H,1-2H3,(H,19,20)/b18-16-. The van der Waals surface area contributed by atoms with Crippen molar-refractivity contribution in [3.8, 4) is 0 Å². The van der Waals surface area contributed by atoms with Gasteiger partial charge in [0.05, 0.1) is 5.71 Å². The quantitative estimate of drug-likeness (QED) is 0.668. The zero-order chi connectivity index (χ0) is 14.4. The van der Waals surface area contributed by atoms with Gasteiger partial charge in [-0.1, -0.05) is 62.4 Å². The van der Waals surface area contributed by atoms with Gasteiger partial charge >= 0.3 is 0 Å². The molecular formula is C17H18N2O. The van der Waals surface area contributed by atoms with Gasteiger partial charge in [0.25, 0.3) is 5.91 Å². The topological polar surface area (TPSA) is 41.5 Å². The van der Waals surface area contributed by atoms with Crippen molar-refractivity contribution in [1.29, 1.82) is 0 Å². The maximum absolute atomic E-state index is 12.0. The number of nitrogens with zero attached hydrogens (tertiary/aromatic N) is 1. The summed E-state index contributed by atoms with van der Waals surface area (Å²) in [6.45, 7) is 4.11. The van der Waals surface area contributed by atoms with Crippen molar-refractivity contribution in [2.75, 3.05) is 0 Å². The molecule has 0 fully saturated rings. The van der Waals surface area contributed by atoms with Crippen LogP contribution < -0.4 is 5.43 Å². The van der Waals surface area contributed by atoms with Gasteiger partial charge in [-0.05, 0) is 23.6 Å². The van der Waals surface area contributed by atoms with Crippen molar-refractivity contribution in [3.05, 3.63) is 71.8 Å². The van der Waals surface area contributed by atoms with E-state index < -0.39 is 0 Å². The first-order valence-corrected chi connectivity index (χ1v) is 6.67. The summed E-state index contributed by atoms with van der Waals surface area (Å²) >= 11 is 0. The molecule has 1 N–H and O–H groups in total. The monoisotopic (exact) mass is 266 g/mol. The summed E-state index contributed by atoms with van der Waals surface area (Å²) in [4.78, 5) is 12.0. The molecule has 0 saturated heterocycles. The third-order valence-corrected chi connectivity index (χ3v) is 2.93. The van der Waals surface area contributed by atoms with Crippen LogP contribution in [0.15, 0.2) is 65.8 Å². The summed E-state index contributed by atoms with van der Waals surface area (Å²) in [5.41, 5.74) is 5.13. The predicted molar refractivity (Wildman–Crippen MR) is 81.7 cm³/mol. The molecule has 3 nitrogen and oxygen atoms in total. The summed E-state index contributed by atoms with van der Waals surface area (Å²) in [5.74, 6) is 0.0353. The Bertz CT molecular complexity index is 589. The average Bonchev–Trinajstić information content (AvgIpc) is 2.49. The molecule has 0 aliphatic heterocycles. The van der Waals surface area contributed by atoms with Crippen molar-refractivity contribution in [2.45, 2.75) is 13.8 Å². The Labute approximate surface area is 119 Å². The number of nitrogens with one attached hydrogen (secondary N) is 1. The average molecular weight is 266 g/mol. The molecule has 2 aromatic rings. The Morgan fingerprint density at radius 2 is 1.40 bits per heavy atom. The van der Waals surface area contributed by atoms with Gasteiger partial charge in [0.2, 0.25) is 0 Å². The normalized spacial score (nSPS) is 11.4. The molecule has 102 valence electrons. The van der Waals surface area contributed by atoms with Crippen LogP contribution in [0.1, 0.15) is 29.8 Å². The van der Waals surface area contributed by atoms with Crippen molar-refractivity contribution in [1.82, 2.24) is 5.43 Å². The van der Waals surface area contributed by atoms with Crippen LogP contribution in [-0.4, -0.2) is 11.6 Å². The molecule has 0 spiro atoms. The molecule has 0 radical (unpaired) electrons.